The van der Waals surface area contributed by atoms with Crippen LogP contribution in [0.4, 0.5) is 0 Å². The lowest BCUT2D eigenvalue weighted by molar-refractivity contribution is 0.0951. The molecule has 0 fully saturated rings. The molecule has 1 N–H and O–H groups in total. The zero-order valence-corrected chi connectivity index (χ0v) is 17.0. The fourth-order valence-corrected chi connectivity index (χ4v) is 3.14. The topological polar surface area (TPSA) is 67.8 Å². The summed E-state index contributed by atoms with van der Waals surface area (Å²) in [5, 5.41) is 2.99. The van der Waals surface area contributed by atoms with Crippen LogP contribution in [0.1, 0.15) is 27.2 Å². The van der Waals surface area contributed by atoms with Gasteiger partial charge in [-0.1, -0.05) is 12.1 Å². The fraction of sp³-hybridized carbons (Fsp3) is 0.120. The van der Waals surface area contributed by atoms with Gasteiger partial charge in [-0.15, -0.1) is 0 Å². The standard InChI is InChI=1S/C25H22N4O/c1-17-3-6-24(28-14-17)22-11-21(20-7-9-26-10-8-20)12-23(13-22)25(30)29-16-19-5-4-18(2)27-15-19/h3-15H,16H2,1-2H3,(H,29,30). The number of nitrogens with zero attached hydrogens (tertiary/aromatic N) is 3. The van der Waals surface area contributed by atoms with Gasteiger partial charge in [-0.2, -0.15) is 0 Å². The molecular formula is C25H22N4O. The molecule has 0 atom stereocenters. The van der Waals surface area contributed by atoms with Gasteiger partial charge in [0.25, 0.3) is 5.91 Å². The molecule has 0 bridgehead atoms. The largest absolute Gasteiger partial charge is 0.348 e. The molecule has 3 heterocycles. The van der Waals surface area contributed by atoms with Gasteiger partial charge in [-0.05, 0) is 78.6 Å². The first-order valence-electron chi connectivity index (χ1n) is 9.77. The Morgan fingerprint density at radius 3 is 2.33 bits per heavy atom. The van der Waals surface area contributed by atoms with Crippen molar-refractivity contribution in [3.63, 3.8) is 0 Å². The van der Waals surface area contributed by atoms with Gasteiger partial charge < -0.3 is 5.32 Å². The number of carbonyl (C=O) groups excluding carboxylic acids is 1. The lowest BCUT2D eigenvalue weighted by Gasteiger charge is -2.11. The zero-order chi connectivity index (χ0) is 20.9. The number of aromatic nitrogens is 3. The number of amides is 1. The third-order valence-corrected chi connectivity index (χ3v) is 4.84. The Morgan fingerprint density at radius 2 is 1.63 bits per heavy atom. The second-order valence-electron chi connectivity index (χ2n) is 7.25. The molecule has 5 heteroatoms. The minimum absolute atomic E-state index is 0.139. The Balaban J connectivity index is 1.67. The van der Waals surface area contributed by atoms with Crippen molar-refractivity contribution < 1.29 is 4.79 Å². The molecule has 0 unspecified atom stereocenters. The monoisotopic (exact) mass is 394 g/mol. The van der Waals surface area contributed by atoms with Gasteiger partial charge in [0.1, 0.15) is 0 Å². The Morgan fingerprint density at radius 1 is 0.833 bits per heavy atom. The quantitative estimate of drug-likeness (QED) is 0.530. The smallest absolute Gasteiger partial charge is 0.251 e. The molecule has 148 valence electrons. The summed E-state index contributed by atoms with van der Waals surface area (Å²) in [7, 11) is 0. The Kier molecular flexibility index (Phi) is 5.61. The summed E-state index contributed by atoms with van der Waals surface area (Å²) in [5.74, 6) is -0.139. The Bertz CT molecular complexity index is 1150. The number of benzene rings is 1. The second-order valence-corrected chi connectivity index (χ2v) is 7.25. The van der Waals surface area contributed by atoms with Gasteiger partial charge in [0.05, 0.1) is 5.69 Å². The molecule has 0 aliphatic carbocycles. The molecule has 0 saturated carbocycles. The number of nitrogens with one attached hydrogen (secondary N) is 1. The van der Waals surface area contributed by atoms with Crippen LogP contribution in [-0.4, -0.2) is 20.9 Å². The van der Waals surface area contributed by atoms with Gasteiger partial charge in [-0.3, -0.25) is 19.7 Å². The first-order valence-corrected chi connectivity index (χ1v) is 9.77. The van der Waals surface area contributed by atoms with Crippen molar-refractivity contribution in [1.29, 1.82) is 0 Å². The van der Waals surface area contributed by atoms with Crippen molar-refractivity contribution in [2.75, 3.05) is 0 Å². The van der Waals surface area contributed by atoms with Crippen LogP contribution in [0.2, 0.25) is 0 Å². The van der Waals surface area contributed by atoms with Crippen LogP contribution in [0.15, 0.2) is 79.4 Å². The van der Waals surface area contributed by atoms with Gasteiger partial charge in [0, 0.05) is 48.2 Å². The van der Waals surface area contributed by atoms with E-state index in [1.807, 2.05) is 74.6 Å². The molecule has 5 nitrogen and oxygen atoms in total. The Labute approximate surface area is 175 Å². The second kappa shape index (κ2) is 8.66. The summed E-state index contributed by atoms with van der Waals surface area (Å²) in [5.41, 5.74) is 7.25. The SMILES string of the molecule is Cc1ccc(-c2cc(C(=O)NCc3ccc(C)nc3)cc(-c3ccncc3)c2)nc1. The van der Waals surface area contributed by atoms with Gasteiger partial charge in [-0.25, -0.2) is 0 Å². The predicted octanol–water partition coefficient (Wildman–Crippen LogP) is 4.75. The minimum atomic E-state index is -0.139. The maximum absolute atomic E-state index is 12.9. The highest BCUT2D eigenvalue weighted by molar-refractivity contribution is 5.97. The minimum Gasteiger partial charge on any atom is -0.348 e. The van der Waals surface area contributed by atoms with Crippen molar-refractivity contribution >= 4 is 5.91 Å². The van der Waals surface area contributed by atoms with Crippen LogP contribution in [0, 0.1) is 13.8 Å². The van der Waals surface area contributed by atoms with E-state index < -0.39 is 0 Å². The van der Waals surface area contributed by atoms with E-state index in [-0.39, 0.29) is 5.91 Å². The number of rotatable bonds is 5. The molecule has 0 saturated heterocycles. The lowest BCUT2D eigenvalue weighted by atomic mass is 9.98. The number of pyridine rings is 3. The molecule has 3 aromatic heterocycles. The molecule has 4 rings (SSSR count). The molecule has 30 heavy (non-hydrogen) atoms. The Hall–Kier alpha value is -3.86. The highest BCUT2D eigenvalue weighted by atomic mass is 16.1. The third-order valence-electron chi connectivity index (χ3n) is 4.84. The summed E-state index contributed by atoms with van der Waals surface area (Å²) in [6.45, 7) is 4.36. The maximum Gasteiger partial charge on any atom is 0.251 e. The number of hydrogen-bond acceptors (Lipinski definition) is 4. The lowest BCUT2D eigenvalue weighted by Crippen LogP contribution is -2.23. The van der Waals surface area contributed by atoms with E-state index in [0.29, 0.717) is 12.1 Å². The van der Waals surface area contributed by atoms with Crippen LogP contribution in [0.3, 0.4) is 0 Å². The molecule has 0 aliphatic rings. The number of carbonyl (C=O) groups is 1. The van der Waals surface area contributed by atoms with Gasteiger partial charge in [0.2, 0.25) is 0 Å². The van der Waals surface area contributed by atoms with Crippen molar-refractivity contribution in [3.05, 3.63) is 102 Å². The van der Waals surface area contributed by atoms with Gasteiger partial charge in [0.15, 0.2) is 0 Å². The van der Waals surface area contributed by atoms with Crippen LogP contribution in [0.25, 0.3) is 22.4 Å². The van der Waals surface area contributed by atoms with E-state index >= 15 is 0 Å². The molecule has 4 aromatic rings. The molecule has 0 radical (unpaired) electrons. The van der Waals surface area contributed by atoms with Crippen molar-refractivity contribution in [3.8, 4) is 22.4 Å². The molecule has 0 spiro atoms. The molecular weight excluding hydrogens is 372 g/mol. The average Bonchev–Trinajstić information content (AvgIpc) is 2.79. The maximum atomic E-state index is 12.9. The summed E-state index contributed by atoms with van der Waals surface area (Å²) in [6, 6.07) is 17.6. The van der Waals surface area contributed by atoms with E-state index in [0.717, 1.165) is 39.2 Å². The van der Waals surface area contributed by atoms with Crippen LogP contribution < -0.4 is 5.32 Å². The van der Waals surface area contributed by atoms with E-state index in [1.165, 1.54) is 0 Å². The third kappa shape index (κ3) is 4.58. The summed E-state index contributed by atoms with van der Waals surface area (Å²) in [6.07, 6.45) is 7.11. The van der Waals surface area contributed by atoms with Crippen molar-refractivity contribution in [1.82, 2.24) is 20.3 Å². The molecule has 0 aliphatic heterocycles. The van der Waals surface area contributed by atoms with Crippen LogP contribution in [-0.2, 0) is 6.54 Å². The normalized spacial score (nSPS) is 10.6. The van der Waals surface area contributed by atoms with E-state index in [2.05, 4.69) is 20.3 Å². The predicted molar refractivity (Wildman–Crippen MR) is 118 cm³/mol. The zero-order valence-electron chi connectivity index (χ0n) is 17.0. The highest BCUT2D eigenvalue weighted by Crippen LogP contribution is 2.27. The summed E-state index contributed by atoms with van der Waals surface area (Å²) >= 11 is 0. The highest BCUT2D eigenvalue weighted by Gasteiger charge is 2.12. The van der Waals surface area contributed by atoms with E-state index in [1.54, 1.807) is 18.6 Å². The van der Waals surface area contributed by atoms with Crippen molar-refractivity contribution in [2.24, 2.45) is 0 Å². The molecule has 1 aromatic carbocycles. The molecule has 1 amide bonds. The first-order chi connectivity index (χ1) is 14.6. The van der Waals surface area contributed by atoms with Crippen LogP contribution in [0.5, 0.6) is 0 Å². The fourth-order valence-electron chi connectivity index (χ4n) is 3.14. The van der Waals surface area contributed by atoms with E-state index in [4.69, 9.17) is 0 Å². The van der Waals surface area contributed by atoms with Crippen LogP contribution >= 0.6 is 0 Å². The first kappa shape index (κ1) is 19.5. The number of hydrogen-bond donors (Lipinski definition) is 1. The summed E-state index contributed by atoms with van der Waals surface area (Å²) in [4.78, 5) is 25.8. The van der Waals surface area contributed by atoms with Gasteiger partial charge >= 0.3 is 0 Å². The summed E-state index contributed by atoms with van der Waals surface area (Å²) < 4.78 is 0. The van der Waals surface area contributed by atoms with E-state index in [9.17, 15) is 4.79 Å². The average molecular weight is 394 g/mol. The number of aryl methyl sites for hydroxylation is 2. The van der Waals surface area contributed by atoms with Crippen molar-refractivity contribution in [2.45, 2.75) is 20.4 Å².